The van der Waals surface area contributed by atoms with E-state index in [1.807, 2.05) is 6.20 Å². The van der Waals surface area contributed by atoms with Crippen LogP contribution in [0.2, 0.25) is 0 Å². The number of hydrogen-bond acceptors (Lipinski definition) is 4. The topological polar surface area (TPSA) is 67.6 Å². The summed E-state index contributed by atoms with van der Waals surface area (Å²) in [6.07, 6.45) is 4.52. The van der Waals surface area contributed by atoms with Crippen molar-refractivity contribution in [2.45, 2.75) is 57.4 Å². The van der Waals surface area contributed by atoms with Crippen molar-refractivity contribution in [1.29, 1.82) is 0 Å². The third-order valence-electron chi connectivity index (χ3n) is 4.20. The van der Waals surface area contributed by atoms with E-state index in [1.165, 1.54) is 0 Å². The third kappa shape index (κ3) is 3.44. The number of likely N-dealkylation sites (N-methyl/N-ethyl adjacent to an activating group) is 1. The monoisotopic (exact) mass is 295 g/mol. The summed E-state index contributed by atoms with van der Waals surface area (Å²) >= 11 is 0. The predicted octanol–water partition coefficient (Wildman–Crippen LogP) is 1.29. The van der Waals surface area contributed by atoms with Crippen LogP contribution in [0.4, 0.5) is 0 Å². The second-order valence-corrected chi connectivity index (χ2v) is 5.64. The average molecular weight is 295 g/mol. The van der Waals surface area contributed by atoms with Crippen LogP contribution in [0.1, 0.15) is 43.1 Å². The van der Waals surface area contributed by atoms with Gasteiger partial charge in [0.15, 0.2) is 0 Å². The lowest BCUT2D eigenvalue weighted by Gasteiger charge is -2.38. The van der Waals surface area contributed by atoms with Gasteiger partial charge >= 0.3 is 0 Å². The molecule has 0 spiro atoms. The first-order chi connectivity index (χ1) is 10.1. The molecule has 1 amide bonds. The fourth-order valence-electron chi connectivity index (χ4n) is 2.96. The highest BCUT2D eigenvalue weighted by molar-refractivity contribution is 5.92. The summed E-state index contributed by atoms with van der Waals surface area (Å²) in [5.74, 6) is -0.148. The van der Waals surface area contributed by atoms with Gasteiger partial charge in [0.2, 0.25) is 0 Å². The number of methoxy groups -OCH3 is 1. The molecule has 1 heterocycles. The van der Waals surface area contributed by atoms with Gasteiger partial charge in [-0.2, -0.15) is 5.10 Å². The van der Waals surface area contributed by atoms with E-state index in [1.54, 1.807) is 29.8 Å². The maximum atomic E-state index is 12.5. The van der Waals surface area contributed by atoms with Crippen molar-refractivity contribution in [3.05, 3.63) is 18.0 Å². The summed E-state index contributed by atoms with van der Waals surface area (Å²) < 4.78 is 7.07. The Balaban J connectivity index is 2.06. The second kappa shape index (κ2) is 7.04. The summed E-state index contributed by atoms with van der Waals surface area (Å²) in [6, 6.07) is 1.52. The van der Waals surface area contributed by atoms with Crippen molar-refractivity contribution in [1.82, 2.24) is 14.7 Å². The number of amides is 1. The van der Waals surface area contributed by atoms with Crippen LogP contribution < -0.4 is 0 Å². The number of aryl methyl sites for hydroxylation is 1. The van der Waals surface area contributed by atoms with Gasteiger partial charge in [0, 0.05) is 26.9 Å². The van der Waals surface area contributed by atoms with Crippen molar-refractivity contribution in [3.8, 4) is 0 Å². The number of hydrogen-bond donors (Lipinski definition) is 1. The van der Waals surface area contributed by atoms with E-state index >= 15 is 0 Å². The molecule has 1 saturated carbocycles. The number of aliphatic hydroxyl groups excluding tert-OH is 1. The van der Waals surface area contributed by atoms with Crippen molar-refractivity contribution in [2.24, 2.45) is 0 Å². The molecule has 6 heteroatoms. The molecule has 21 heavy (non-hydrogen) atoms. The van der Waals surface area contributed by atoms with Crippen LogP contribution in [0.3, 0.4) is 0 Å². The highest BCUT2D eigenvalue weighted by Gasteiger charge is 2.36. The molecule has 0 radical (unpaired) electrons. The van der Waals surface area contributed by atoms with E-state index in [9.17, 15) is 9.90 Å². The van der Waals surface area contributed by atoms with Gasteiger partial charge < -0.3 is 14.7 Å². The number of nitrogens with zero attached hydrogens (tertiary/aromatic N) is 3. The predicted molar refractivity (Wildman–Crippen MR) is 79.1 cm³/mol. The zero-order chi connectivity index (χ0) is 15.4. The first-order valence-corrected chi connectivity index (χ1v) is 7.60. The van der Waals surface area contributed by atoms with Crippen LogP contribution in [-0.4, -0.2) is 58.1 Å². The van der Waals surface area contributed by atoms with E-state index in [0.717, 1.165) is 32.2 Å². The van der Waals surface area contributed by atoms with Crippen molar-refractivity contribution in [2.75, 3.05) is 14.2 Å². The molecule has 1 fully saturated rings. The number of aromatic nitrogens is 2. The molecule has 0 aliphatic heterocycles. The summed E-state index contributed by atoms with van der Waals surface area (Å²) in [4.78, 5) is 14.1. The molecular weight excluding hydrogens is 270 g/mol. The Morgan fingerprint density at radius 3 is 3.00 bits per heavy atom. The van der Waals surface area contributed by atoms with E-state index < -0.39 is 6.10 Å². The van der Waals surface area contributed by atoms with E-state index in [0.29, 0.717) is 5.69 Å². The number of aliphatic hydroxyl groups is 1. The quantitative estimate of drug-likeness (QED) is 0.889. The molecule has 1 aromatic heterocycles. The first kappa shape index (κ1) is 16.0. The summed E-state index contributed by atoms with van der Waals surface area (Å²) in [6.45, 7) is 2.87. The molecule has 1 aliphatic carbocycles. The van der Waals surface area contributed by atoms with Gasteiger partial charge in [-0.1, -0.05) is 6.92 Å². The van der Waals surface area contributed by atoms with E-state index in [4.69, 9.17) is 4.74 Å². The summed E-state index contributed by atoms with van der Waals surface area (Å²) in [7, 11) is 3.33. The minimum absolute atomic E-state index is 0.148. The maximum Gasteiger partial charge on any atom is 0.274 e. The molecule has 0 saturated heterocycles. The Kier molecular flexibility index (Phi) is 5.36. The molecule has 0 aromatic carbocycles. The van der Waals surface area contributed by atoms with Crippen LogP contribution in [0.25, 0.3) is 0 Å². The molecular formula is C15H25N3O3. The van der Waals surface area contributed by atoms with Crippen LogP contribution >= 0.6 is 0 Å². The Labute approximate surface area is 125 Å². The minimum atomic E-state index is -0.643. The Morgan fingerprint density at radius 2 is 2.33 bits per heavy atom. The molecule has 3 atom stereocenters. The fraction of sp³-hybridized carbons (Fsp3) is 0.733. The average Bonchev–Trinajstić information content (AvgIpc) is 2.95. The van der Waals surface area contributed by atoms with Gasteiger partial charge in [0.25, 0.3) is 5.91 Å². The molecule has 2 rings (SSSR count). The zero-order valence-corrected chi connectivity index (χ0v) is 13.0. The molecule has 1 aromatic rings. The fourth-order valence-corrected chi connectivity index (χ4v) is 2.96. The number of carbonyl (C=O) groups excluding carboxylic acids is 1. The summed E-state index contributed by atoms with van der Waals surface area (Å²) in [5.41, 5.74) is 0.428. The van der Waals surface area contributed by atoms with Crippen LogP contribution in [0.15, 0.2) is 12.3 Å². The van der Waals surface area contributed by atoms with Gasteiger partial charge in [-0.3, -0.25) is 9.48 Å². The minimum Gasteiger partial charge on any atom is -0.388 e. The number of carbonyl (C=O) groups is 1. The lowest BCUT2D eigenvalue weighted by Crippen LogP contribution is -2.52. The SMILES string of the molecule is CCCn1ccc(C(=O)N(C)[C@@H]2CCC[C@@H](OC)[C@@H]2O)n1. The van der Waals surface area contributed by atoms with E-state index in [2.05, 4.69) is 12.0 Å². The Bertz CT molecular complexity index is 474. The van der Waals surface area contributed by atoms with Gasteiger partial charge in [-0.15, -0.1) is 0 Å². The molecule has 0 unspecified atom stereocenters. The summed E-state index contributed by atoms with van der Waals surface area (Å²) in [5, 5.41) is 14.6. The molecule has 118 valence electrons. The second-order valence-electron chi connectivity index (χ2n) is 5.64. The molecule has 6 nitrogen and oxygen atoms in total. The Morgan fingerprint density at radius 1 is 1.57 bits per heavy atom. The van der Waals surface area contributed by atoms with Gasteiger partial charge in [0.1, 0.15) is 11.8 Å². The van der Waals surface area contributed by atoms with Gasteiger partial charge in [0.05, 0.1) is 12.1 Å². The smallest absolute Gasteiger partial charge is 0.274 e. The molecule has 1 aliphatic rings. The molecule has 1 N–H and O–H groups in total. The standard InChI is InChI=1S/C15H25N3O3/c1-4-9-18-10-8-11(16-18)15(20)17(2)12-6-5-7-13(21-3)14(12)19/h8,10,12-14,19H,4-7,9H2,1-3H3/t12-,13-,14-/m1/s1. The lowest BCUT2D eigenvalue weighted by molar-refractivity contribution is -0.0715. The highest BCUT2D eigenvalue weighted by Crippen LogP contribution is 2.25. The first-order valence-electron chi connectivity index (χ1n) is 7.60. The van der Waals surface area contributed by atoms with Gasteiger partial charge in [-0.25, -0.2) is 0 Å². The third-order valence-corrected chi connectivity index (χ3v) is 4.20. The van der Waals surface area contributed by atoms with Crippen LogP contribution in [0, 0.1) is 0 Å². The van der Waals surface area contributed by atoms with Crippen molar-refractivity contribution in [3.63, 3.8) is 0 Å². The number of ether oxygens (including phenoxy) is 1. The van der Waals surface area contributed by atoms with Crippen LogP contribution in [-0.2, 0) is 11.3 Å². The maximum absolute atomic E-state index is 12.5. The zero-order valence-electron chi connectivity index (χ0n) is 13.0. The van der Waals surface area contributed by atoms with Gasteiger partial charge in [-0.05, 0) is 31.7 Å². The highest BCUT2D eigenvalue weighted by atomic mass is 16.5. The lowest BCUT2D eigenvalue weighted by atomic mass is 9.89. The Hall–Kier alpha value is -1.40. The largest absolute Gasteiger partial charge is 0.388 e. The van der Waals surface area contributed by atoms with Crippen molar-refractivity contribution >= 4 is 5.91 Å². The van der Waals surface area contributed by atoms with Crippen molar-refractivity contribution < 1.29 is 14.6 Å². The molecule has 0 bridgehead atoms. The van der Waals surface area contributed by atoms with E-state index in [-0.39, 0.29) is 18.1 Å². The van der Waals surface area contributed by atoms with Crippen LogP contribution in [0.5, 0.6) is 0 Å². The normalized spacial score (nSPS) is 25.8. The number of rotatable bonds is 5.